The largest absolute Gasteiger partial charge is 0.310 e. The van der Waals surface area contributed by atoms with Crippen molar-refractivity contribution in [2.75, 3.05) is 4.90 Å². The summed E-state index contributed by atoms with van der Waals surface area (Å²) in [5.74, 6) is 0. The second-order valence-electron chi connectivity index (χ2n) is 13.0. The lowest BCUT2D eigenvalue weighted by molar-refractivity contribution is 1.30. The summed E-state index contributed by atoms with van der Waals surface area (Å²) in [5.41, 5.74) is 13.0. The van der Waals surface area contributed by atoms with Gasteiger partial charge in [-0.1, -0.05) is 176 Å². The van der Waals surface area contributed by atoms with E-state index in [2.05, 4.69) is 217 Å². The summed E-state index contributed by atoms with van der Waals surface area (Å²) >= 11 is 0. The molecule has 51 heavy (non-hydrogen) atoms. The zero-order chi connectivity index (χ0) is 34.0. The molecule has 0 fully saturated rings. The molecule has 0 N–H and O–H groups in total. The van der Waals surface area contributed by atoms with E-state index in [1.54, 1.807) is 0 Å². The molecular formula is C50H35N. The van der Waals surface area contributed by atoms with Crippen LogP contribution in [0.25, 0.3) is 66.1 Å². The van der Waals surface area contributed by atoms with Crippen LogP contribution in [-0.4, -0.2) is 0 Å². The second-order valence-corrected chi connectivity index (χ2v) is 13.0. The standard InChI is InChI=1S/C50H35N/c1-3-14-36(15-4-1)47-33-30-42(35-49(47)39-16-5-2-6-17-39)41-22-11-23-44(34-41)51(50-27-13-21-38-19-8-10-25-48(38)50)43-31-28-40(29-32-43)46-26-12-20-37-18-7-9-24-45(37)46/h1-35H. The third kappa shape index (κ3) is 5.86. The Morgan fingerprint density at radius 3 is 1.51 bits per heavy atom. The van der Waals surface area contributed by atoms with Crippen LogP contribution >= 0.6 is 0 Å². The maximum Gasteiger partial charge on any atom is 0.0540 e. The van der Waals surface area contributed by atoms with Crippen molar-refractivity contribution in [2.24, 2.45) is 0 Å². The van der Waals surface area contributed by atoms with Gasteiger partial charge >= 0.3 is 0 Å². The zero-order valence-corrected chi connectivity index (χ0v) is 28.2. The lowest BCUT2D eigenvalue weighted by Crippen LogP contribution is -2.10. The molecule has 0 unspecified atom stereocenters. The first kappa shape index (κ1) is 30.4. The summed E-state index contributed by atoms with van der Waals surface area (Å²) in [6.45, 7) is 0. The minimum Gasteiger partial charge on any atom is -0.310 e. The molecule has 0 saturated heterocycles. The van der Waals surface area contributed by atoms with Crippen molar-refractivity contribution < 1.29 is 0 Å². The first-order valence-corrected chi connectivity index (χ1v) is 17.5. The molecule has 1 nitrogen and oxygen atoms in total. The summed E-state index contributed by atoms with van der Waals surface area (Å²) in [6, 6.07) is 76.6. The average molecular weight is 650 g/mol. The molecule has 9 aromatic rings. The molecule has 0 atom stereocenters. The molecule has 9 rings (SSSR count). The van der Waals surface area contributed by atoms with Crippen molar-refractivity contribution >= 4 is 38.6 Å². The molecule has 0 amide bonds. The first-order chi connectivity index (χ1) is 25.3. The van der Waals surface area contributed by atoms with E-state index in [9.17, 15) is 0 Å². The highest BCUT2D eigenvalue weighted by atomic mass is 15.1. The number of rotatable bonds is 7. The molecule has 0 bridgehead atoms. The maximum atomic E-state index is 2.40. The van der Waals surface area contributed by atoms with E-state index in [1.165, 1.54) is 66.1 Å². The predicted molar refractivity (Wildman–Crippen MR) is 218 cm³/mol. The van der Waals surface area contributed by atoms with Crippen LogP contribution in [-0.2, 0) is 0 Å². The van der Waals surface area contributed by atoms with Gasteiger partial charge in [-0.25, -0.2) is 0 Å². The van der Waals surface area contributed by atoms with Crippen LogP contribution in [0.2, 0.25) is 0 Å². The molecule has 0 aromatic heterocycles. The quantitative estimate of drug-likeness (QED) is 0.166. The Hall–Kier alpha value is -6.70. The molecule has 1 heteroatoms. The highest BCUT2D eigenvalue weighted by Gasteiger charge is 2.17. The van der Waals surface area contributed by atoms with E-state index in [4.69, 9.17) is 0 Å². The predicted octanol–water partition coefficient (Wildman–Crippen LogP) is 14.1. The van der Waals surface area contributed by atoms with Crippen molar-refractivity contribution in [1.82, 2.24) is 0 Å². The highest BCUT2D eigenvalue weighted by Crippen LogP contribution is 2.42. The van der Waals surface area contributed by atoms with Crippen molar-refractivity contribution in [3.63, 3.8) is 0 Å². The summed E-state index contributed by atoms with van der Waals surface area (Å²) in [5, 5.41) is 4.94. The van der Waals surface area contributed by atoms with Crippen molar-refractivity contribution in [2.45, 2.75) is 0 Å². The van der Waals surface area contributed by atoms with Gasteiger partial charge < -0.3 is 4.90 Å². The number of benzene rings is 9. The minimum absolute atomic E-state index is 1.11. The Labute approximate surface area is 299 Å². The monoisotopic (exact) mass is 649 g/mol. The summed E-state index contributed by atoms with van der Waals surface area (Å²) in [4.78, 5) is 2.40. The third-order valence-corrected chi connectivity index (χ3v) is 9.86. The van der Waals surface area contributed by atoms with Crippen molar-refractivity contribution in [3.8, 4) is 44.5 Å². The minimum atomic E-state index is 1.11. The Morgan fingerprint density at radius 1 is 0.255 bits per heavy atom. The number of anilines is 3. The van der Waals surface area contributed by atoms with Gasteiger partial charge in [-0.15, -0.1) is 0 Å². The van der Waals surface area contributed by atoms with Gasteiger partial charge in [0.25, 0.3) is 0 Å². The van der Waals surface area contributed by atoms with E-state index in [0.717, 1.165) is 17.1 Å². The van der Waals surface area contributed by atoms with E-state index in [1.807, 2.05) is 0 Å². The summed E-state index contributed by atoms with van der Waals surface area (Å²) in [6.07, 6.45) is 0. The lowest BCUT2D eigenvalue weighted by Gasteiger charge is -2.27. The van der Waals surface area contributed by atoms with E-state index in [0.29, 0.717) is 0 Å². The molecule has 0 spiro atoms. The van der Waals surface area contributed by atoms with Crippen LogP contribution in [0.5, 0.6) is 0 Å². The molecule has 0 saturated carbocycles. The van der Waals surface area contributed by atoms with Crippen LogP contribution in [0, 0.1) is 0 Å². The van der Waals surface area contributed by atoms with Gasteiger partial charge in [0.05, 0.1) is 5.69 Å². The summed E-state index contributed by atoms with van der Waals surface area (Å²) in [7, 11) is 0. The average Bonchev–Trinajstić information content (AvgIpc) is 3.22. The Balaban J connectivity index is 1.18. The van der Waals surface area contributed by atoms with Gasteiger partial charge in [0, 0.05) is 16.8 Å². The van der Waals surface area contributed by atoms with Crippen LogP contribution < -0.4 is 4.90 Å². The lowest BCUT2D eigenvalue weighted by atomic mass is 9.91. The third-order valence-electron chi connectivity index (χ3n) is 9.86. The fourth-order valence-corrected chi connectivity index (χ4v) is 7.37. The smallest absolute Gasteiger partial charge is 0.0540 e. The molecule has 0 radical (unpaired) electrons. The molecule has 0 aliphatic carbocycles. The number of hydrogen-bond acceptors (Lipinski definition) is 1. The van der Waals surface area contributed by atoms with Gasteiger partial charge in [-0.3, -0.25) is 0 Å². The topological polar surface area (TPSA) is 3.24 Å². The molecule has 9 aromatic carbocycles. The van der Waals surface area contributed by atoms with Crippen LogP contribution in [0.4, 0.5) is 17.1 Å². The van der Waals surface area contributed by atoms with Gasteiger partial charge in [-0.05, 0) is 97.1 Å². The van der Waals surface area contributed by atoms with Crippen LogP contribution in [0.3, 0.4) is 0 Å². The molecule has 0 aliphatic rings. The van der Waals surface area contributed by atoms with E-state index >= 15 is 0 Å². The molecule has 0 aliphatic heterocycles. The van der Waals surface area contributed by atoms with E-state index < -0.39 is 0 Å². The molecule has 0 heterocycles. The number of nitrogens with zero attached hydrogens (tertiary/aromatic N) is 1. The van der Waals surface area contributed by atoms with Gasteiger partial charge in [-0.2, -0.15) is 0 Å². The Kier molecular flexibility index (Phi) is 7.92. The van der Waals surface area contributed by atoms with Gasteiger partial charge in [0.1, 0.15) is 0 Å². The van der Waals surface area contributed by atoms with Crippen LogP contribution in [0.15, 0.2) is 212 Å². The fourth-order valence-electron chi connectivity index (χ4n) is 7.37. The second kappa shape index (κ2) is 13.3. The first-order valence-electron chi connectivity index (χ1n) is 17.5. The normalized spacial score (nSPS) is 11.1. The van der Waals surface area contributed by atoms with Crippen molar-refractivity contribution in [3.05, 3.63) is 212 Å². The summed E-state index contributed by atoms with van der Waals surface area (Å²) < 4.78 is 0. The SMILES string of the molecule is c1ccc(-c2ccc(-c3cccc(N(c4ccc(-c5cccc6ccccc56)cc4)c4cccc5ccccc45)c3)cc2-c2ccccc2)cc1. The molecule has 240 valence electrons. The van der Waals surface area contributed by atoms with Crippen molar-refractivity contribution in [1.29, 1.82) is 0 Å². The van der Waals surface area contributed by atoms with E-state index in [-0.39, 0.29) is 0 Å². The zero-order valence-electron chi connectivity index (χ0n) is 28.2. The number of hydrogen-bond donors (Lipinski definition) is 0. The van der Waals surface area contributed by atoms with Crippen LogP contribution in [0.1, 0.15) is 0 Å². The number of fused-ring (bicyclic) bond motifs is 2. The maximum absolute atomic E-state index is 2.40. The Bertz CT molecular complexity index is 2610. The Morgan fingerprint density at radius 2 is 0.765 bits per heavy atom. The highest BCUT2D eigenvalue weighted by molar-refractivity contribution is 6.00. The van der Waals surface area contributed by atoms with Gasteiger partial charge in [0.2, 0.25) is 0 Å². The molecular weight excluding hydrogens is 615 g/mol. The fraction of sp³-hybridized carbons (Fsp3) is 0. The van der Waals surface area contributed by atoms with Gasteiger partial charge in [0.15, 0.2) is 0 Å².